The smallest absolute Gasteiger partial charge is 0.272 e. The molecule has 0 unspecified atom stereocenters. The lowest BCUT2D eigenvalue weighted by atomic mass is 10.1. The number of aryl methyl sites for hydroxylation is 2. The third-order valence-electron chi connectivity index (χ3n) is 4.13. The van der Waals surface area contributed by atoms with Crippen molar-refractivity contribution in [2.24, 2.45) is 0 Å². The number of aromatic amines is 1. The Bertz CT molecular complexity index is 1060. The normalized spacial score (nSPS) is 11.0. The number of thiazole rings is 1. The second kappa shape index (κ2) is 6.18. The van der Waals surface area contributed by atoms with Gasteiger partial charge in [-0.1, -0.05) is 18.2 Å². The first-order valence-electron chi connectivity index (χ1n) is 8.01. The maximum Gasteiger partial charge on any atom is 0.272 e. The molecule has 0 atom stereocenters. The molecule has 0 bridgehead atoms. The number of carbonyl (C=O) groups is 1. The zero-order valence-electron chi connectivity index (χ0n) is 14.0. The summed E-state index contributed by atoms with van der Waals surface area (Å²) >= 11 is 1.58. The Balaban J connectivity index is 1.62. The molecule has 2 aromatic heterocycles. The highest BCUT2D eigenvalue weighted by molar-refractivity contribution is 7.13. The summed E-state index contributed by atoms with van der Waals surface area (Å²) in [6.07, 6.45) is 1.78. The molecule has 2 heterocycles. The lowest BCUT2D eigenvalue weighted by Gasteiger charge is -2.05. The largest absolute Gasteiger partial charge is 0.351 e. The van der Waals surface area contributed by atoms with Crippen LogP contribution in [0.3, 0.4) is 0 Å². The SMILES string of the molecule is Cc1cc(C)c2cc(C(=O)Nc3cccc(-c4nccs4)c3)[nH]c2c1. The van der Waals surface area contributed by atoms with E-state index in [0.29, 0.717) is 5.69 Å². The topological polar surface area (TPSA) is 57.8 Å². The molecule has 1 amide bonds. The van der Waals surface area contributed by atoms with Gasteiger partial charge in [0.2, 0.25) is 0 Å². The Morgan fingerprint density at radius 2 is 2.04 bits per heavy atom. The van der Waals surface area contributed by atoms with Crippen LogP contribution in [0.1, 0.15) is 21.6 Å². The predicted octanol–water partition coefficient (Wildman–Crippen LogP) is 5.16. The first kappa shape index (κ1) is 15.6. The molecule has 0 aliphatic carbocycles. The van der Waals surface area contributed by atoms with E-state index in [4.69, 9.17) is 0 Å². The molecule has 0 aliphatic rings. The van der Waals surface area contributed by atoms with Crippen LogP contribution >= 0.6 is 11.3 Å². The number of hydrogen-bond donors (Lipinski definition) is 2. The first-order valence-corrected chi connectivity index (χ1v) is 8.89. The molecule has 0 saturated carbocycles. The Hall–Kier alpha value is -2.92. The average Bonchev–Trinajstić information content (AvgIpc) is 3.24. The molecule has 2 N–H and O–H groups in total. The van der Waals surface area contributed by atoms with E-state index >= 15 is 0 Å². The number of H-pyrrole nitrogens is 1. The number of benzene rings is 2. The molecule has 0 aliphatic heterocycles. The maximum atomic E-state index is 12.6. The third-order valence-corrected chi connectivity index (χ3v) is 4.96. The summed E-state index contributed by atoms with van der Waals surface area (Å²) in [6.45, 7) is 4.11. The van der Waals surface area contributed by atoms with Crippen molar-refractivity contribution in [3.05, 3.63) is 70.9 Å². The van der Waals surface area contributed by atoms with Crippen LogP contribution in [-0.4, -0.2) is 15.9 Å². The lowest BCUT2D eigenvalue weighted by molar-refractivity contribution is 0.102. The molecule has 4 aromatic rings. The number of nitrogens with zero attached hydrogens (tertiary/aromatic N) is 1. The minimum atomic E-state index is -0.149. The van der Waals surface area contributed by atoms with Gasteiger partial charge < -0.3 is 10.3 Å². The van der Waals surface area contributed by atoms with Crippen molar-refractivity contribution in [2.45, 2.75) is 13.8 Å². The van der Waals surface area contributed by atoms with E-state index in [-0.39, 0.29) is 5.91 Å². The number of hydrogen-bond acceptors (Lipinski definition) is 3. The van der Waals surface area contributed by atoms with Gasteiger partial charge in [0.15, 0.2) is 0 Å². The van der Waals surface area contributed by atoms with Gasteiger partial charge in [-0.15, -0.1) is 11.3 Å². The van der Waals surface area contributed by atoms with Crippen molar-refractivity contribution in [3.63, 3.8) is 0 Å². The van der Waals surface area contributed by atoms with Gasteiger partial charge in [-0.2, -0.15) is 0 Å². The standard InChI is InChI=1S/C20H17N3OS/c1-12-8-13(2)16-11-18(23-17(16)9-12)19(24)22-15-5-3-4-14(10-15)20-21-6-7-25-20/h3-11,23H,1-2H3,(H,22,24). The minimum absolute atomic E-state index is 0.149. The summed E-state index contributed by atoms with van der Waals surface area (Å²) in [7, 11) is 0. The summed E-state index contributed by atoms with van der Waals surface area (Å²) in [5.74, 6) is -0.149. The van der Waals surface area contributed by atoms with E-state index in [0.717, 1.165) is 32.7 Å². The number of carbonyl (C=O) groups excluding carboxylic acids is 1. The molecular formula is C20H17N3OS. The number of nitrogens with one attached hydrogen (secondary N) is 2. The van der Waals surface area contributed by atoms with E-state index in [9.17, 15) is 4.79 Å². The molecule has 0 spiro atoms. The summed E-state index contributed by atoms with van der Waals surface area (Å²) < 4.78 is 0. The minimum Gasteiger partial charge on any atom is -0.351 e. The molecule has 2 aromatic carbocycles. The van der Waals surface area contributed by atoms with Crippen molar-refractivity contribution in [1.82, 2.24) is 9.97 Å². The third kappa shape index (κ3) is 3.06. The van der Waals surface area contributed by atoms with Gasteiger partial charge in [0.25, 0.3) is 5.91 Å². The molecule has 0 saturated heterocycles. The van der Waals surface area contributed by atoms with Crippen LogP contribution in [0, 0.1) is 13.8 Å². The van der Waals surface area contributed by atoms with Crippen molar-refractivity contribution >= 4 is 33.8 Å². The Morgan fingerprint density at radius 1 is 1.16 bits per heavy atom. The van der Waals surface area contributed by atoms with Gasteiger partial charge in [-0.25, -0.2) is 4.98 Å². The molecule has 25 heavy (non-hydrogen) atoms. The number of amides is 1. The molecule has 4 rings (SSSR count). The van der Waals surface area contributed by atoms with E-state index in [1.165, 1.54) is 5.56 Å². The van der Waals surface area contributed by atoms with E-state index in [1.807, 2.05) is 35.7 Å². The number of fused-ring (bicyclic) bond motifs is 1. The van der Waals surface area contributed by atoms with Crippen LogP contribution < -0.4 is 5.32 Å². The van der Waals surface area contributed by atoms with Crippen LogP contribution in [0.25, 0.3) is 21.5 Å². The van der Waals surface area contributed by atoms with Crippen molar-refractivity contribution in [2.75, 3.05) is 5.32 Å². The number of aromatic nitrogens is 2. The summed E-state index contributed by atoms with van der Waals surface area (Å²) in [6, 6.07) is 13.8. The highest BCUT2D eigenvalue weighted by Gasteiger charge is 2.12. The average molecular weight is 347 g/mol. The quantitative estimate of drug-likeness (QED) is 0.538. The van der Waals surface area contributed by atoms with Crippen molar-refractivity contribution in [1.29, 1.82) is 0 Å². The van der Waals surface area contributed by atoms with Gasteiger partial charge in [0, 0.05) is 33.7 Å². The van der Waals surface area contributed by atoms with Crippen molar-refractivity contribution in [3.8, 4) is 10.6 Å². The molecular weight excluding hydrogens is 330 g/mol. The molecule has 5 heteroatoms. The fourth-order valence-corrected chi connectivity index (χ4v) is 3.65. The van der Waals surface area contributed by atoms with Crippen LogP contribution in [-0.2, 0) is 0 Å². The highest BCUT2D eigenvalue weighted by atomic mass is 32.1. The fraction of sp³-hybridized carbons (Fsp3) is 0.100. The highest BCUT2D eigenvalue weighted by Crippen LogP contribution is 2.25. The monoisotopic (exact) mass is 347 g/mol. The zero-order chi connectivity index (χ0) is 17.4. The Labute approximate surface area is 149 Å². The van der Waals surface area contributed by atoms with E-state index < -0.39 is 0 Å². The second-order valence-electron chi connectivity index (χ2n) is 6.10. The zero-order valence-corrected chi connectivity index (χ0v) is 14.8. The van der Waals surface area contributed by atoms with Gasteiger partial charge in [0.1, 0.15) is 10.7 Å². The van der Waals surface area contributed by atoms with E-state index in [2.05, 4.69) is 41.3 Å². The Morgan fingerprint density at radius 3 is 2.84 bits per heavy atom. The van der Waals surface area contributed by atoms with Crippen LogP contribution in [0.5, 0.6) is 0 Å². The second-order valence-corrected chi connectivity index (χ2v) is 6.99. The van der Waals surface area contributed by atoms with Crippen LogP contribution in [0.4, 0.5) is 5.69 Å². The number of anilines is 1. The predicted molar refractivity (Wildman–Crippen MR) is 103 cm³/mol. The summed E-state index contributed by atoms with van der Waals surface area (Å²) in [5, 5.41) is 6.92. The van der Waals surface area contributed by atoms with Gasteiger partial charge in [0.05, 0.1) is 0 Å². The van der Waals surface area contributed by atoms with Gasteiger partial charge in [-0.05, 0) is 49.2 Å². The maximum absolute atomic E-state index is 12.6. The number of rotatable bonds is 3. The molecule has 0 radical (unpaired) electrons. The van der Waals surface area contributed by atoms with Crippen molar-refractivity contribution < 1.29 is 4.79 Å². The van der Waals surface area contributed by atoms with E-state index in [1.54, 1.807) is 17.5 Å². The fourth-order valence-electron chi connectivity index (χ4n) is 3.02. The Kier molecular flexibility index (Phi) is 3.86. The summed E-state index contributed by atoms with van der Waals surface area (Å²) in [4.78, 5) is 20.2. The molecule has 4 nitrogen and oxygen atoms in total. The first-order chi connectivity index (χ1) is 12.1. The molecule has 124 valence electrons. The van der Waals surface area contributed by atoms with Crippen LogP contribution in [0.2, 0.25) is 0 Å². The molecule has 0 fully saturated rings. The van der Waals surface area contributed by atoms with Gasteiger partial charge in [-0.3, -0.25) is 4.79 Å². The summed E-state index contributed by atoms with van der Waals surface area (Å²) in [5.41, 5.74) is 5.63. The van der Waals surface area contributed by atoms with Crippen LogP contribution in [0.15, 0.2) is 54.0 Å². The van der Waals surface area contributed by atoms with Gasteiger partial charge >= 0.3 is 0 Å². The lowest BCUT2D eigenvalue weighted by Crippen LogP contribution is -2.12.